The Hall–Kier alpha value is -1.27. The van der Waals surface area contributed by atoms with Crippen LogP contribution in [0.2, 0.25) is 0 Å². The molecule has 0 N–H and O–H groups in total. The van der Waals surface area contributed by atoms with Crippen molar-refractivity contribution in [1.29, 1.82) is 0 Å². The minimum atomic E-state index is 0.132. The topological polar surface area (TPSA) is 41.5 Å². The van der Waals surface area contributed by atoms with Gasteiger partial charge in [0.15, 0.2) is 5.82 Å². The lowest BCUT2D eigenvalue weighted by atomic mass is 10.2. The van der Waals surface area contributed by atoms with Crippen LogP contribution in [-0.4, -0.2) is 66.2 Å². The van der Waals surface area contributed by atoms with E-state index in [1.165, 1.54) is 11.5 Å². The maximum atomic E-state index is 6.11. The van der Waals surface area contributed by atoms with E-state index in [0.29, 0.717) is 5.88 Å². The number of thioether (sulfide) groups is 1. The van der Waals surface area contributed by atoms with Crippen LogP contribution in [0.25, 0.3) is 0 Å². The zero-order valence-corrected chi connectivity index (χ0v) is 14.4. The van der Waals surface area contributed by atoms with Gasteiger partial charge >= 0.3 is 0 Å². The molecule has 2 rings (SSSR count). The van der Waals surface area contributed by atoms with E-state index >= 15 is 0 Å². The summed E-state index contributed by atoms with van der Waals surface area (Å²) in [6.45, 7) is 7.05. The second kappa shape index (κ2) is 9.00. The molecule has 1 aromatic heterocycles. The summed E-state index contributed by atoms with van der Waals surface area (Å²) in [6, 6.07) is 0. The molecule has 0 unspecified atom stereocenters. The van der Waals surface area contributed by atoms with Crippen molar-refractivity contribution in [2.45, 2.75) is 18.9 Å². The Bertz CT molecular complexity index is 463. The molecule has 5 nitrogen and oxygen atoms in total. The molecule has 2 heterocycles. The summed E-state index contributed by atoms with van der Waals surface area (Å²) in [5.41, 5.74) is 0. The van der Waals surface area contributed by atoms with Crippen LogP contribution in [0.4, 0.5) is 5.82 Å². The Balaban J connectivity index is 1.98. The summed E-state index contributed by atoms with van der Waals surface area (Å²) >= 11 is 2.03. The van der Waals surface area contributed by atoms with Gasteiger partial charge in [-0.15, -0.1) is 6.58 Å². The Kier molecular flexibility index (Phi) is 6.99. The fraction of sp³-hybridized carbons (Fsp3) is 0.625. The van der Waals surface area contributed by atoms with Crippen LogP contribution in [0.5, 0.6) is 5.88 Å². The van der Waals surface area contributed by atoms with Crippen molar-refractivity contribution >= 4 is 17.6 Å². The number of ether oxygens (including phenoxy) is 1. The highest BCUT2D eigenvalue weighted by molar-refractivity contribution is 7.99. The molecule has 0 radical (unpaired) electrons. The molecule has 22 heavy (non-hydrogen) atoms. The van der Waals surface area contributed by atoms with Gasteiger partial charge in [-0.2, -0.15) is 16.7 Å². The number of anilines is 1. The van der Waals surface area contributed by atoms with Gasteiger partial charge < -0.3 is 9.64 Å². The molecule has 0 amide bonds. The lowest BCUT2D eigenvalue weighted by Gasteiger charge is -2.30. The minimum absolute atomic E-state index is 0.132. The zero-order chi connectivity index (χ0) is 15.8. The van der Waals surface area contributed by atoms with Crippen molar-refractivity contribution in [1.82, 2.24) is 14.9 Å². The molecule has 0 bridgehead atoms. The zero-order valence-electron chi connectivity index (χ0n) is 13.6. The van der Waals surface area contributed by atoms with Crippen LogP contribution in [0.1, 0.15) is 12.8 Å². The van der Waals surface area contributed by atoms with Crippen molar-refractivity contribution in [2.75, 3.05) is 50.1 Å². The average Bonchev–Trinajstić information content (AvgIpc) is 2.54. The molecule has 6 heteroatoms. The number of nitrogens with zero attached hydrogens (tertiary/aromatic N) is 4. The van der Waals surface area contributed by atoms with Crippen LogP contribution in [0.15, 0.2) is 25.0 Å². The van der Waals surface area contributed by atoms with Gasteiger partial charge in [-0.25, -0.2) is 0 Å². The van der Waals surface area contributed by atoms with Gasteiger partial charge in [-0.3, -0.25) is 9.88 Å². The quantitative estimate of drug-likeness (QED) is 0.684. The second-order valence-electron chi connectivity index (χ2n) is 5.63. The summed E-state index contributed by atoms with van der Waals surface area (Å²) < 4.78 is 6.11. The predicted octanol–water partition coefficient (Wildman–Crippen LogP) is 2.31. The average molecular weight is 322 g/mol. The molecule has 1 fully saturated rings. The van der Waals surface area contributed by atoms with Gasteiger partial charge in [-0.1, -0.05) is 6.08 Å². The number of hydrogen-bond donors (Lipinski definition) is 0. The molecule has 1 aromatic rings. The highest BCUT2D eigenvalue weighted by atomic mass is 32.2. The van der Waals surface area contributed by atoms with E-state index in [0.717, 1.165) is 38.3 Å². The molecular weight excluding hydrogens is 296 g/mol. The van der Waals surface area contributed by atoms with Crippen molar-refractivity contribution in [3.8, 4) is 5.88 Å². The number of aromatic nitrogens is 2. The third-order valence-corrected chi connectivity index (χ3v) is 4.55. The highest BCUT2D eigenvalue weighted by Gasteiger charge is 2.18. The molecule has 1 atom stereocenters. The Morgan fingerprint density at radius 2 is 2.18 bits per heavy atom. The largest absolute Gasteiger partial charge is 0.472 e. The molecule has 1 aliphatic heterocycles. The normalized spacial score (nSPS) is 17.0. The van der Waals surface area contributed by atoms with Gasteiger partial charge in [0.25, 0.3) is 0 Å². The molecule has 0 aromatic carbocycles. The molecular formula is C16H26N4OS. The van der Waals surface area contributed by atoms with Crippen LogP contribution >= 0.6 is 11.8 Å². The van der Waals surface area contributed by atoms with Crippen molar-refractivity contribution in [3.05, 3.63) is 25.0 Å². The summed E-state index contributed by atoms with van der Waals surface area (Å²) in [5.74, 6) is 3.84. The standard InChI is InChI=1S/C16H26N4OS/c1-4-5-6-14(13-20-7-9-22-10-8-20)21-16-12-17-11-15(18-16)19(2)3/h4,11-12,14H,1,5-10,13H2,2-3H3/t14-/m0/s1. The number of rotatable bonds is 8. The fourth-order valence-electron chi connectivity index (χ4n) is 2.34. The fourth-order valence-corrected chi connectivity index (χ4v) is 3.32. The van der Waals surface area contributed by atoms with Crippen LogP contribution < -0.4 is 9.64 Å². The molecule has 0 aliphatic carbocycles. The van der Waals surface area contributed by atoms with Crippen LogP contribution in [0.3, 0.4) is 0 Å². The first kappa shape index (κ1) is 17.1. The highest BCUT2D eigenvalue weighted by Crippen LogP contribution is 2.17. The third-order valence-electron chi connectivity index (χ3n) is 3.60. The van der Waals surface area contributed by atoms with E-state index in [1.807, 2.05) is 36.8 Å². The van der Waals surface area contributed by atoms with Gasteiger partial charge in [0.1, 0.15) is 6.10 Å². The van der Waals surface area contributed by atoms with E-state index in [9.17, 15) is 0 Å². The van der Waals surface area contributed by atoms with Gasteiger partial charge in [0.05, 0.1) is 12.4 Å². The maximum absolute atomic E-state index is 6.11. The Morgan fingerprint density at radius 3 is 2.86 bits per heavy atom. The van der Waals surface area contributed by atoms with Gasteiger partial charge in [-0.05, 0) is 12.8 Å². The van der Waals surface area contributed by atoms with E-state index in [4.69, 9.17) is 4.74 Å². The van der Waals surface area contributed by atoms with Crippen LogP contribution in [-0.2, 0) is 0 Å². The third kappa shape index (κ3) is 5.50. The lowest BCUT2D eigenvalue weighted by molar-refractivity contribution is 0.127. The first-order valence-electron chi connectivity index (χ1n) is 7.76. The van der Waals surface area contributed by atoms with Crippen molar-refractivity contribution in [2.24, 2.45) is 0 Å². The second-order valence-corrected chi connectivity index (χ2v) is 6.85. The van der Waals surface area contributed by atoms with Crippen molar-refractivity contribution < 1.29 is 4.74 Å². The summed E-state index contributed by atoms with van der Waals surface area (Å²) in [4.78, 5) is 13.1. The van der Waals surface area contributed by atoms with Gasteiger partial charge in [0, 0.05) is 45.2 Å². The van der Waals surface area contributed by atoms with Crippen LogP contribution in [0, 0.1) is 0 Å². The molecule has 0 saturated carbocycles. The van der Waals surface area contributed by atoms with E-state index < -0.39 is 0 Å². The van der Waals surface area contributed by atoms with E-state index in [2.05, 4.69) is 21.4 Å². The SMILES string of the molecule is C=CCC[C@@H](CN1CCSCC1)Oc1cncc(N(C)C)n1. The number of allylic oxidation sites excluding steroid dienone is 1. The monoisotopic (exact) mass is 322 g/mol. The molecule has 1 aliphatic rings. The first-order chi connectivity index (χ1) is 10.7. The predicted molar refractivity (Wildman–Crippen MR) is 94.0 cm³/mol. The molecule has 1 saturated heterocycles. The smallest absolute Gasteiger partial charge is 0.234 e. The van der Waals surface area contributed by atoms with E-state index in [-0.39, 0.29) is 6.10 Å². The lowest BCUT2D eigenvalue weighted by Crippen LogP contribution is -2.40. The Morgan fingerprint density at radius 1 is 1.41 bits per heavy atom. The maximum Gasteiger partial charge on any atom is 0.234 e. The minimum Gasteiger partial charge on any atom is -0.472 e. The summed E-state index contributed by atoms with van der Waals surface area (Å²) in [6.07, 6.45) is 7.43. The first-order valence-corrected chi connectivity index (χ1v) is 8.91. The van der Waals surface area contributed by atoms with E-state index in [1.54, 1.807) is 12.4 Å². The molecule has 122 valence electrons. The Labute approximate surface area is 137 Å². The summed E-state index contributed by atoms with van der Waals surface area (Å²) in [7, 11) is 3.91. The number of hydrogen-bond acceptors (Lipinski definition) is 6. The van der Waals surface area contributed by atoms with Crippen molar-refractivity contribution in [3.63, 3.8) is 0 Å². The van der Waals surface area contributed by atoms with Gasteiger partial charge in [0.2, 0.25) is 5.88 Å². The molecule has 0 spiro atoms. The summed E-state index contributed by atoms with van der Waals surface area (Å²) in [5, 5.41) is 0.